The molecule has 0 spiro atoms. The number of ether oxygens (including phenoxy) is 1. The third kappa shape index (κ3) is 5.74. The van der Waals surface area contributed by atoms with Gasteiger partial charge < -0.3 is 19.4 Å². The largest absolute Gasteiger partial charge is 0.454 e. The minimum atomic E-state index is -0.561. The van der Waals surface area contributed by atoms with Crippen molar-refractivity contribution in [3.8, 4) is 0 Å². The van der Waals surface area contributed by atoms with Crippen molar-refractivity contribution in [2.75, 3.05) is 56.2 Å². The molecular formula is C21H24FN5O4. The van der Waals surface area contributed by atoms with Gasteiger partial charge in [0.25, 0.3) is 5.91 Å². The molecule has 0 unspecified atom stereocenters. The van der Waals surface area contributed by atoms with E-state index in [1.807, 2.05) is 4.90 Å². The number of halogens is 1. The van der Waals surface area contributed by atoms with Gasteiger partial charge >= 0.3 is 5.97 Å². The van der Waals surface area contributed by atoms with Gasteiger partial charge in [-0.05, 0) is 31.2 Å². The lowest BCUT2D eigenvalue weighted by Gasteiger charge is -2.36. The third-order valence-corrected chi connectivity index (χ3v) is 4.94. The first kappa shape index (κ1) is 22.1. The molecule has 9 nitrogen and oxygen atoms in total. The van der Waals surface area contributed by atoms with Crippen LogP contribution in [0.5, 0.6) is 0 Å². The molecule has 3 rings (SSSR count). The second-order valence-corrected chi connectivity index (χ2v) is 7.16. The quantitative estimate of drug-likeness (QED) is 0.478. The van der Waals surface area contributed by atoms with E-state index in [-0.39, 0.29) is 24.8 Å². The molecule has 1 aromatic carbocycles. The summed E-state index contributed by atoms with van der Waals surface area (Å²) in [5.41, 5.74) is 0.719. The molecule has 0 N–H and O–H groups in total. The molecule has 1 aromatic heterocycles. The summed E-state index contributed by atoms with van der Waals surface area (Å²) >= 11 is 0. The maximum Gasteiger partial charge on any atom is 0.326 e. The molecule has 1 fully saturated rings. The molecule has 0 aliphatic carbocycles. The van der Waals surface area contributed by atoms with Crippen molar-refractivity contribution in [2.24, 2.45) is 0 Å². The molecule has 2 heterocycles. The minimum absolute atomic E-state index is 0.0827. The second kappa shape index (κ2) is 9.96. The minimum Gasteiger partial charge on any atom is -0.454 e. The maximum atomic E-state index is 14.3. The zero-order valence-electron chi connectivity index (χ0n) is 17.5. The fourth-order valence-electron chi connectivity index (χ4n) is 3.21. The molecule has 10 heteroatoms. The molecule has 164 valence electrons. The highest BCUT2D eigenvalue weighted by Crippen LogP contribution is 2.22. The monoisotopic (exact) mass is 429 g/mol. The standard InChI is InChI=1S/C21H24FN5O4/c1-15(28)16-4-5-18(17(22)12-16)26-8-10-27(11-9-26)19(29)14-31-20(30)13-25(2)21-23-6-3-7-24-21/h3-7,12H,8-11,13-14H2,1-2H3. The number of amides is 1. The highest BCUT2D eigenvalue weighted by molar-refractivity contribution is 5.94. The summed E-state index contributed by atoms with van der Waals surface area (Å²) in [5, 5.41) is 0. The zero-order chi connectivity index (χ0) is 22.4. The number of benzene rings is 1. The lowest BCUT2D eigenvalue weighted by Crippen LogP contribution is -2.50. The van der Waals surface area contributed by atoms with E-state index < -0.39 is 11.8 Å². The van der Waals surface area contributed by atoms with Gasteiger partial charge in [-0.15, -0.1) is 0 Å². The number of hydrogen-bond acceptors (Lipinski definition) is 8. The maximum absolute atomic E-state index is 14.3. The van der Waals surface area contributed by atoms with Crippen molar-refractivity contribution < 1.29 is 23.5 Å². The zero-order valence-corrected chi connectivity index (χ0v) is 17.5. The lowest BCUT2D eigenvalue weighted by atomic mass is 10.1. The summed E-state index contributed by atoms with van der Waals surface area (Å²) in [7, 11) is 1.65. The van der Waals surface area contributed by atoms with Gasteiger partial charge in [-0.1, -0.05) is 0 Å². The van der Waals surface area contributed by atoms with Crippen LogP contribution < -0.4 is 9.80 Å². The first-order valence-corrected chi connectivity index (χ1v) is 9.82. The number of anilines is 2. The normalized spacial score (nSPS) is 13.6. The molecule has 0 radical (unpaired) electrons. The number of piperazine rings is 1. The number of carbonyl (C=O) groups is 3. The van der Waals surface area contributed by atoms with Crippen LogP contribution in [0.4, 0.5) is 16.0 Å². The Kier molecular flexibility index (Phi) is 7.11. The molecule has 1 amide bonds. The van der Waals surface area contributed by atoms with E-state index >= 15 is 0 Å². The Labute approximate surface area is 179 Å². The molecule has 0 bridgehead atoms. The average molecular weight is 429 g/mol. The molecule has 1 aliphatic rings. The molecule has 1 saturated heterocycles. The summed E-state index contributed by atoms with van der Waals surface area (Å²) in [6.07, 6.45) is 3.13. The van der Waals surface area contributed by atoms with Gasteiger partial charge in [0, 0.05) is 51.2 Å². The van der Waals surface area contributed by atoms with Gasteiger partial charge in [0.2, 0.25) is 5.95 Å². The Bertz CT molecular complexity index is 948. The predicted molar refractivity (Wildman–Crippen MR) is 111 cm³/mol. The van der Waals surface area contributed by atoms with Crippen LogP contribution in [0.3, 0.4) is 0 Å². The van der Waals surface area contributed by atoms with Gasteiger partial charge in [0.15, 0.2) is 12.4 Å². The number of nitrogens with zero attached hydrogens (tertiary/aromatic N) is 5. The van der Waals surface area contributed by atoms with E-state index in [1.165, 1.54) is 17.9 Å². The van der Waals surface area contributed by atoms with Gasteiger partial charge in [0.05, 0.1) is 5.69 Å². The Morgan fingerprint density at radius 1 is 1.13 bits per heavy atom. The summed E-state index contributed by atoms with van der Waals surface area (Å²) in [6.45, 7) is 2.57. The topological polar surface area (TPSA) is 95.9 Å². The molecule has 1 aliphatic heterocycles. The van der Waals surface area contributed by atoms with Crippen LogP contribution in [-0.4, -0.2) is 78.9 Å². The average Bonchev–Trinajstić information content (AvgIpc) is 2.78. The summed E-state index contributed by atoms with van der Waals surface area (Å²) in [6, 6.07) is 6.07. The summed E-state index contributed by atoms with van der Waals surface area (Å²) in [4.78, 5) is 48.7. The Morgan fingerprint density at radius 3 is 2.42 bits per heavy atom. The van der Waals surface area contributed by atoms with E-state index in [4.69, 9.17) is 4.74 Å². The number of rotatable bonds is 7. The van der Waals surface area contributed by atoms with Crippen molar-refractivity contribution in [3.63, 3.8) is 0 Å². The van der Waals surface area contributed by atoms with Crippen molar-refractivity contribution >= 4 is 29.3 Å². The van der Waals surface area contributed by atoms with Gasteiger partial charge in [-0.3, -0.25) is 14.4 Å². The third-order valence-electron chi connectivity index (χ3n) is 4.94. The van der Waals surface area contributed by atoms with Crippen LogP contribution in [0.15, 0.2) is 36.7 Å². The highest BCUT2D eigenvalue weighted by Gasteiger charge is 2.24. The van der Waals surface area contributed by atoms with Gasteiger partial charge in [0.1, 0.15) is 12.4 Å². The first-order chi connectivity index (χ1) is 14.8. The summed E-state index contributed by atoms with van der Waals surface area (Å²) in [5.74, 6) is -1.15. The van der Waals surface area contributed by atoms with Crippen molar-refractivity contribution in [3.05, 3.63) is 48.0 Å². The predicted octanol–water partition coefficient (Wildman–Crippen LogP) is 1.15. The van der Waals surface area contributed by atoms with Gasteiger partial charge in [-0.2, -0.15) is 0 Å². The molecular weight excluding hydrogens is 405 g/mol. The number of hydrogen-bond donors (Lipinski definition) is 0. The first-order valence-electron chi connectivity index (χ1n) is 9.82. The molecule has 0 atom stereocenters. The van der Waals surface area contributed by atoms with E-state index in [1.54, 1.807) is 42.5 Å². The Morgan fingerprint density at radius 2 is 1.81 bits per heavy atom. The van der Waals surface area contributed by atoms with Crippen LogP contribution in [0.2, 0.25) is 0 Å². The molecule has 31 heavy (non-hydrogen) atoms. The number of esters is 1. The van der Waals surface area contributed by atoms with Crippen LogP contribution >= 0.6 is 0 Å². The second-order valence-electron chi connectivity index (χ2n) is 7.16. The fourth-order valence-corrected chi connectivity index (χ4v) is 3.21. The number of aromatic nitrogens is 2. The number of ketones is 1. The lowest BCUT2D eigenvalue weighted by molar-refractivity contribution is -0.151. The Balaban J connectivity index is 1.45. The molecule has 2 aromatic rings. The summed E-state index contributed by atoms with van der Waals surface area (Å²) < 4.78 is 19.4. The smallest absolute Gasteiger partial charge is 0.326 e. The van der Waals surface area contributed by atoms with Crippen LogP contribution in [0.25, 0.3) is 0 Å². The van der Waals surface area contributed by atoms with E-state index in [0.29, 0.717) is 43.4 Å². The number of likely N-dealkylation sites (N-methyl/N-ethyl adjacent to an activating group) is 1. The van der Waals surface area contributed by atoms with Crippen molar-refractivity contribution in [1.29, 1.82) is 0 Å². The highest BCUT2D eigenvalue weighted by atomic mass is 19.1. The van der Waals surface area contributed by atoms with E-state index in [0.717, 1.165) is 0 Å². The van der Waals surface area contributed by atoms with Gasteiger partial charge in [-0.25, -0.2) is 14.4 Å². The van der Waals surface area contributed by atoms with Crippen molar-refractivity contribution in [2.45, 2.75) is 6.92 Å². The molecule has 0 saturated carbocycles. The fraction of sp³-hybridized carbons (Fsp3) is 0.381. The van der Waals surface area contributed by atoms with E-state index in [9.17, 15) is 18.8 Å². The Hall–Kier alpha value is -3.56. The van der Waals surface area contributed by atoms with Crippen molar-refractivity contribution in [1.82, 2.24) is 14.9 Å². The van der Waals surface area contributed by atoms with Crippen LogP contribution in [0.1, 0.15) is 17.3 Å². The van der Waals surface area contributed by atoms with Crippen LogP contribution in [0, 0.1) is 5.82 Å². The number of Topliss-reactive ketones (excluding diaryl/α,β-unsaturated/α-hetero) is 1. The SMILES string of the molecule is CC(=O)c1ccc(N2CCN(C(=O)COC(=O)CN(C)c3ncccn3)CC2)c(F)c1. The van der Waals surface area contributed by atoms with Crippen LogP contribution in [-0.2, 0) is 14.3 Å². The van der Waals surface area contributed by atoms with E-state index in [2.05, 4.69) is 9.97 Å². The number of carbonyl (C=O) groups excluding carboxylic acids is 3.